The minimum Gasteiger partial charge on any atom is -0.444 e. The number of hydrogen-bond donors (Lipinski definition) is 2. The molecule has 238 valence electrons. The number of hydrogen-bond acceptors (Lipinski definition) is 10. The number of nitrogens with one attached hydrogen (secondary N) is 2. The minimum atomic E-state index is -0.701. The van der Waals surface area contributed by atoms with Gasteiger partial charge in [0.1, 0.15) is 17.2 Å². The average molecular weight is 613 g/mol. The molecule has 2 saturated heterocycles. The Bertz CT molecular complexity index is 1420. The predicted octanol–water partition coefficient (Wildman–Crippen LogP) is 5.48. The van der Waals surface area contributed by atoms with E-state index in [0.29, 0.717) is 31.0 Å². The molecule has 2 aromatic heterocycles. The van der Waals surface area contributed by atoms with Crippen molar-refractivity contribution < 1.29 is 22.8 Å². The maximum Gasteiger partial charge on any atom is 0.407 e. The SMILES string of the molecule is CC(C)c1noc(N2CCC([C@H](C)Nc3cnc(N4C[C@H](NC(=O)OC(C)(C)C)[C@@H](c5cc(F)ccc5F)C4)nc3)CC2)n1. The number of nitrogens with zero attached hydrogens (tertiary/aromatic N) is 6. The zero-order chi connectivity index (χ0) is 31.6. The summed E-state index contributed by atoms with van der Waals surface area (Å²) < 4.78 is 39.8. The van der Waals surface area contributed by atoms with Crippen molar-refractivity contribution in [3.8, 4) is 0 Å². The molecule has 4 heterocycles. The quantitative estimate of drug-likeness (QED) is 0.338. The fourth-order valence-electron chi connectivity index (χ4n) is 5.81. The molecule has 2 N–H and O–H groups in total. The summed E-state index contributed by atoms with van der Waals surface area (Å²) in [5.74, 6) is 0.215. The van der Waals surface area contributed by atoms with E-state index in [2.05, 4.69) is 42.6 Å². The molecule has 1 amide bonds. The van der Waals surface area contributed by atoms with Gasteiger partial charge < -0.3 is 29.7 Å². The topological polar surface area (TPSA) is 122 Å². The molecule has 0 saturated carbocycles. The molecule has 0 radical (unpaired) electrons. The molecule has 0 unspecified atom stereocenters. The van der Waals surface area contributed by atoms with Gasteiger partial charge in [0.15, 0.2) is 5.82 Å². The number of ether oxygens (including phenoxy) is 1. The highest BCUT2D eigenvalue weighted by molar-refractivity contribution is 5.68. The molecule has 3 atom stereocenters. The van der Waals surface area contributed by atoms with E-state index in [-0.39, 0.29) is 17.5 Å². The maximum absolute atomic E-state index is 14.8. The Morgan fingerprint density at radius 1 is 1.07 bits per heavy atom. The van der Waals surface area contributed by atoms with Crippen LogP contribution in [0.1, 0.15) is 77.6 Å². The molecule has 2 fully saturated rings. The molecule has 3 aromatic rings. The zero-order valence-electron chi connectivity index (χ0n) is 26.2. The van der Waals surface area contributed by atoms with Gasteiger partial charge in [-0.15, -0.1) is 0 Å². The number of rotatable bonds is 8. The molecule has 5 rings (SSSR count). The Labute approximate surface area is 256 Å². The van der Waals surface area contributed by atoms with Gasteiger partial charge in [-0.3, -0.25) is 0 Å². The highest BCUT2D eigenvalue weighted by Crippen LogP contribution is 2.33. The predicted molar refractivity (Wildman–Crippen MR) is 163 cm³/mol. The second-order valence-corrected chi connectivity index (χ2v) is 13.0. The third-order valence-electron chi connectivity index (χ3n) is 8.16. The second kappa shape index (κ2) is 12.9. The Kier molecular flexibility index (Phi) is 9.21. The number of carbonyl (C=O) groups is 1. The highest BCUT2D eigenvalue weighted by Gasteiger charge is 2.38. The lowest BCUT2D eigenvalue weighted by atomic mass is 9.90. The number of aromatic nitrogens is 4. The molecule has 2 aliphatic rings. The molecule has 0 spiro atoms. The van der Waals surface area contributed by atoms with Gasteiger partial charge in [0.05, 0.1) is 24.1 Å². The summed E-state index contributed by atoms with van der Waals surface area (Å²) in [5, 5.41) is 10.5. The zero-order valence-corrected chi connectivity index (χ0v) is 26.2. The molecule has 11 nitrogen and oxygen atoms in total. The van der Waals surface area contributed by atoms with Crippen molar-refractivity contribution in [1.82, 2.24) is 25.4 Å². The van der Waals surface area contributed by atoms with E-state index in [1.165, 1.54) is 6.07 Å². The molecule has 13 heteroatoms. The van der Waals surface area contributed by atoms with E-state index in [1.54, 1.807) is 33.2 Å². The summed E-state index contributed by atoms with van der Waals surface area (Å²) in [5.41, 5.74) is 0.275. The molecular formula is C31H42F2N8O3. The van der Waals surface area contributed by atoms with Crippen LogP contribution in [0.15, 0.2) is 35.1 Å². The fraction of sp³-hybridized carbons (Fsp3) is 0.581. The van der Waals surface area contributed by atoms with E-state index in [9.17, 15) is 13.6 Å². The van der Waals surface area contributed by atoms with E-state index in [0.717, 1.165) is 49.6 Å². The minimum absolute atomic E-state index is 0.186. The number of piperidine rings is 1. The van der Waals surface area contributed by atoms with Crippen molar-refractivity contribution in [3.63, 3.8) is 0 Å². The fourth-order valence-corrected chi connectivity index (χ4v) is 5.81. The van der Waals surface area contributed by atoms with Crippen LogP contribution < -0.4 is 20.4 Å². The van der Waals surface area contributed by atoms with Gasteiger partial charge in [0, 0.05) is 44.1 Å². The number of carbonyl (C=O) groups excluding carboxylic acids is 1. The monoisotopic (exact) mass is 612 g/mol. The normalized spacial score (nSPS) is 20.2. The van der Waals surface area contributed by atoms with Gasteiger partial charge in [-0.1, -0.05) is 19.0 Å². The first kappa shape index (κ1) is 31.4. The number of benzene rings is 1. The van der Waals surface area contributed by atoms with E-state index >= 15 is 0 Å². The summed E-state index contributed by atoms with van der Waals surface area (Å²) in [6.45, 7) is 13.8. The van der Waals surface area contributed by atoms with E-state index in [4.69, 9.17) is 9.26 Å². The van der Waals surface area contributed by atoms with Crippen LogP contribution in [0.3, 0.4) is 0 Å². The van der Waals surface area contributed by atoms with Crippen molar-refractivity contribution in [3.05, 3.63) is 53.6 Å². The second-order valence-electron chi connectivity index (χ2n) is 13.0. The van der Waals surface area contributed by atoms with Gasteiger partial charge in [-0.05, 0) is 70.2 Å². The van der Waals surface area contributed by atoms with Gasteiger partial charge in [-0.25, -0.2) is 23.5 Å². The van der Waals surface area contributed by atoms with Crippen molar-refractivity contribution in [2.75, 3.05) is 41.3 Å². The van der Waals surface area contributed by atoms with Crippen molar-refractivity contribution in [2.24, 2.45) is 5.92 Å². The Hall–Kier alpha value is -4.03. The summed E-state index contributed by atoms with van der Waals surface area (Å²) in [4.78, 5) is 30.3. The van der Waals surface area contributed by atoms with Crippen molar-refractivity contribution in [2.45, 2.75) is 83.9 Å². The number of anilines is 3. The first-order valence-corrected chi connectivity index (χ1v) is 15.2. The molecular weight excluding hydrogens is 570 g/mol. The van der Waals surface area contributed by atoms with Crippen LogP contribution >= 0.6 is 0 Å². The molecule has 0 bridgehead atoms. The average Bonchev–Trinajstić information content (AvgIpc) is 3.62. The molecule has 2 aliphatic heterocycles. The number of amides is 1. The van der Waals surface area contributed by atoms with Crippen LogP contribution in [-0.4, -0.2) is 70.1 Å². The van der Waals surface area contributed by atoms with E-state index < -0.39 is 35.3 Å². The first-order chi connectivity index (χ1) is 20.9. The van der Waals surface area contributed by atoms with Gasteiger partial charge in [-0.2, -0.15) is 4.98 Å². The Balaban J connectivity index is 1.20. The van der Waals surface area contributed by atoms with Crippen molar-refractivity contribution in [1.29, 1.82) is 0 Å². The van der Waals surface area contributed by atoms with Crippen LogP contribution in [0.25, 0.3) is 0 Å². The van der Waals surface area contributed by atoms with Crippen LogP contribution in [-0.2, 0) is 4.74 Å². The van der Waals surface area contributed by atoms with Crippen LogP contribution in [0, 0.1) is 17.6 Å². The first-order valence-electron chi connectivity index (χ1n) is 15.2. The smallest absolute Gasteiger partial charge is 0.407 e. The summed E-state index contributed by atoms with van der Waals surface area (Å²) in [6, 6.07) is 3.60. The maximum atomic E-state index is 14.8. The van der Waals surface area contributed by atoms with Gasteiger partial charge in [0.25, 0.3) is 0 Å². The lowest BCUT2D eigenvalue weighted by Gasteiger charge is -2.34. The third kappa shape index (κ3) is 7.54. The summed E-state index contributed by atoms with van der Waals surface area (Å²) >= 11 is 0. The van der Waals surface area contributed by atoms with E-state index in [1.807, 2.05) is 18.7 Å². The third-order valence-corrected chi connectivity index (χ3v) is 8.16. The number of alkyl carbamates (subject to hydrolysis) is 1. The van der Waals surface area contributed by atoms with Gasteiger partial charge in [0.2, 0.25) is 5.95 Å². The van der Waals surface area contributed by atoms with Crippen LogP contribution in [0.2, 0.25) is 0 Å². The van der Waals surface area contributed by atoms with Crippen LogP contribution in [0.5, 0.6) is 0 Å². The molecule has 1 aromatic carbocycles. The van der Waals surface area contributed by atoms with Gasteiger partial charge >= 0.3 is 12.1 Å². The lowest BCUT2D eigenvalue weighted by Crippen LogP contribution is -2.43. The van der Waals surface area contributed by atoms with Crippen LogP contribution in [0.4, 0.5) is 31.2 Å². The Morgan fingerprint density at radius 2 is 1.77 bits per heavy atom. The lowest BCUT2D eigenvalue weighted by molar-refractivity contribution is 0.0504. The number of halogens is 2. The standard InChI is InChI=1S/C31H42F2N8O3/c1-18(2)27-38-29(44-39-27)40-11-9-20(10-12-40)19(3)36-22-14-34-28(35-15-22)41-16-24(23-13-21(32)7-8-25(23)33)26(17-41)37-30(42)43-31(4,5)6/h7-8,13-15,18-20,24,26,36H,9-12,16-17H2,1-6H3,(H,37,42)/t19-,24+,26-/m0/s1. The van der Waals surface area contributed by atoms with Crippen molar-refractivity contribution >= 4 is 23.7 Å². The largest absolute Gasteiger partial charge is 0.444 e. The molecule has 0 aliphatic carbocycles. The highest BCUT2D eigenvalue weighted by atomic mass is 19.1. The summed E-state index contributed by atoms with van der Waals surface area (Å²) in [6.07, 6.45) is 4.79. The Morgan fingerprint density at radius 3 is 2.41 bits per heavy atom. The molecule has 44 heavy (non-hydrogen) atoms. The summed E-state index contributed by atoms with van der Waals surface area (Å²) in [7, 11) is 0.